The number of benzene rings is 1. The monoisotopic (exact) mass is 372 g/mol. The maximum atomic E-state index is 13.1. The van der Waals surface area contributed by atoms with E-state index in [9.17, 15) is 22.8 Å². The molecule has 0 atom stereocenters. The molecule has 0 saturated heterocycles. The highest BCUT2D eigenvalue weighted by molar-refractivity contribution is 5.74. The van der Waals surface area contributed by atoms with Crippen LogP contribution in [0, 0.1) is 6.92 Å². The van der Waals surface area contributed by atoms with Crippen LogP contribution in [0.2, 0.25) is 0 Å². The Morgan fingerprint density at radius 2 is 2.04 bits per heavy atom. The Morgan fingerprint density at radius 1 is 1.35 bits per heavy atom. The Labute approximate surface area is 145 Å². The molecule has 1 heterocycles. The Bertz CT molecular complexity index is 877. The van der Waals surface area contributed by atoms with Crippen molar-refractivity contribution in [3.05, 3.63) is 46.1 Å². The number of rotatable bonds is 6. The molecule has 10 heteroatoms. The third kappa shape index (κ3) is 4.20. The fraction of sp³-hybridized carbons (Fsp3) is 0.312. The predicted molar refractivity (Wildman–Crippen MR) is 83.8 cm³/mol. The lowest BCUT2D eigenvalue weighted by Gasteiger charge is -2.17. The van der Waals surface area contributed by atoms with E-state index in [0.717, 1.165) is 29.2 Å². The summed E-state index contributed by atoms with van der Waals surface area (Å²) in [6.07, 6.45) is -2.42. The van der Waals surface area contributed by atoms with E-state index in [1.807, 2.05) is 0 Å². The Kier molecular flexibility index (Phi) is 5.66. The van der Waals surface area contributed by atoms with E-state index in [-0.39, 0.29) is 29.2 Å². The van der Waals surface area contributed by atoms with Gasteiger partial charge in [0, 0.05) is 18.9 Å². The van der Waals surface area contributed by atoms with Crippen LogP contribution < -0.4 is 10.3 Å². The number of alkyl halides is 3. The summed E-state index contributed by atoms with van der Waals surface area (Å²) in [5.41, 5.74) is -1.52. The minimum Gasteiger partial charge on any atom is -0.480 e. The van der Waals surface area contributed by atoms with Crippen molar-refractivity contribution in [2.75, 3.05) is 13.9 Å². The SMILES string of the molecule is COCOc1cc(C(F)(F)F)cc(C)c1-c1cncn(CC(=O)O)c1=O. The number of nitrogens with zero attached hydrogens (tertiary/aromatic N) is 2. The van der Waals surface area contributed by atoms with Crippen molar-refractivity contribution in [2.45, 2.75) is 19.6 Å². The number of aromatic nitrogens is 2. The van der Waals surface area contributed by atoms with Crippen molar-refractivity contribution in [3.63, 3.8) is 0 Å². The Balaban J connectivity index is 2.69. The van der Waals surface area contributed by atoms with Crippen LogP contribution in [0.1, 0.15) is 11.1 Å². The van der Waals surface area contributed by atoms with E-state index in [2.05, 4.69) is 4.98 Å². The molecule has 7 nitrogen and oxygen atoms in total. The second kappa shape index (κ2) is 7.56. The smallest absolute Gasteiger partial charge is 0.416 e. The van der Waals surface area contributed by atoms with Crippen LogP contribution in [0.5, 0.6) is 5.75 Å². The summed E-state index contributed by atoms with van der Waals surface area (Å²) in [4.78, 5) is 27.2. The highest BCUT2D eigenvalue weighted by Gasteiger charge is 2.32. The lowest BCUT2D eigenvalue weighted by Crippen LogP contribution is -2.25. The zero-order chi connectivity index (χ0) is 19.5. The molecule has 0 unspecified atom stereocenters. The quantitative estimate of drug-likeness (QED) is 0.783. The third-order valence-corrected chi connectivity index (χ3v) is 3.43. The van der Waals surface area contributed by atoms with Crippen LogP contribution in [0.3, 0.4) is 0 Å². The first kappa shape index (κ1) is 19.4. The van der Waals surface area contributed by atoms with Crippen molar-refractivity contribution in [3.8, 4) is 16.9 Å². The molecule has 0 fully saturated rings. The second-order valence-corrected chi connectivity index (χ2v) is 5.35. The molecule has 140 valence electrons. The first-order chi connectivity index (χ1) is 12.1. The minimum atomic E-state index is -4.60. The molecule has 0 radical (unpaired) electrons. The van der Waals surface area contributed by atoms with Crippen LogP contribution >= 0.6 is 0 Å². The lowest BCUT2D eigenvalue weighted by atomic mass is 9.98. The second-order valence-electron chi connectivity index (χ2n) is 5.35. The molecule has 1 aromatic carbocycles. The van der Waals surface area contributed by atoms with E-state index >= 15 is 0 Å². The van der Waals surface area contributed by atoms with E-state index < -0.39 is 29.8 Å². The summed E-state index contributed by atoms with van der Waals surface area (Å²) in [5.74, 6) is -1.47. The van der Waals surface area contributed by atoms with Gasteiger partial charge in [0.1, 0.15) is 12.3 Å². The van der Waals surface area contributed by atoms with Gasteiger partial charge in [0.25, 0.3) is 5.56 Å². The Morgan fingerprint density at radius 3 is 2.62 bits per heavy atom. The standard InChI is InChI=1S/C16H15F3N2O5/c1-9-3-10(16(17,18)19)4-12(26-8-25-2)14(9)11-5-20-7-21(15(11)24)6-13(22)23/h3-5,7H,6,8H2,1-2H3,(H,22,23). The summed E-state index contributed by atoms with van der Waals surface area (Å²) in [6.45, 7) is 0.420. The topological polar surface area (TPSA) is 90.7 Å². The maximum Gasteiger partial charge on any atom is 0.416 e. The first-order valence-electron chi connectivity index (χ1n) is 7.25. The van der Waals surface area contributed by atoms with Gasteiger partial charge in [-0.05, 0) is 24.6 Å². The largest absolute Gasteiger partial charge is 0.480 e. The highest BCUT2D eigenvalue weighted by atomic mass is 19.4. The van der Waals surface area contributed by atoms with Crippen LogP contribution in [-0.4, -0.2) is 34.5 Å². The van der Waals surface area contributed by atoms with Crippen LogP contribution in [0.4, 0.5) is 13.2 Å². The van der Waals surface area contributed by atoms with Gasteiger partial charge < -0.3 is 14.6 Å². The van der Waals surface area contributed by atoms with E-state index in [4.69, 9.17) is 14.6 Å². The number of hydrogen-bond acceptors (Lipinski definition) is 5. The average Bonchev–Trinajstić information content (AvgIpc) is 2.54. The molecule has 0 amide bonds. The number of carboxylic acids is 1. The number of ether oxygens (including phenoxy) is 2. The maximum absolute atomic E-state index is 13.1. The summed E-state index contributed by atoms with van der Waals surface area (Å²) in [6, 6.07) is 1.64. The van der Waals surface area contributed by atoms with Crippen molar-refractivity contribution < 1.29 is 32.5 Å². The molecule has 0 aliphatic heterocycles. The average molecular weight is 372 g/mol. The van der Waals surface area contributed by atoms with Crippen molar-refractivity contribution >= 4 is 5.97 Å². The van der Waals surface area contributed by atoms with E-state index in [0.29, 0.717) is 0 Å². The zero-order valence-corrected chi connectivity index (χ0v) is 13.8. The van der Waals surface area contributed by atoms with Gasteiger partial charge in [0.05, 0.1) is 17.5 Å². The van der Waals surface area contributed by atoms with Gasteiger partial charge >= 0.3 is 12.1 Å². The summed E-state index contributed by atoms with van der Waals surface area (Å²) in [7, 11) is 1.30. The molecular formula is C16H15F3N2O5. The predicted octanol–water partition coefficient (Wildman–Crippen LogP) is 2.30. The van der Waals surface area contributed by atoms with Gasteiger partial charge in [0.15, 0.2) is 6.79 Å². The molecule has 26 heavy (non-hydrogen) atoms. The van der Waals surface area contributed by atoms with Crippen molar-refractivity contribution in [1.29, 1.82) is 0 Å². The molecule has 0 spiro atoms. The van der Waals surface area contributed by atoms with E-state index in [1.54, 1.807) is 0 Å². The molecule has 1 aromatic heterocycles. The van der Waals surface area contributed by atoms with Crippen LogP contribution in [0.15, 0.2) is 29.5 Å². The van der Waals surface area contributed by atoms with Gasteiger partial charge in [-0.1, -0.05) is 0 Å². The van der Waals surface area contributed by atoms with Crippen LogP contribution in [0.25, 0.3) is 11.1 Å². The number of aliphatic carboxylic acids is 1. The van der Waals surface area contributed by atoms with Crippen LogP contribution in [-0.2, 0) is 22.3 Å². The molecular weight excluding hydrogens is 357 g/mol. The minimum absolute atomic E-state index is 0.0777. The van der Waals surface area contributed by atoms with Crippen molar-refractivity contribution in [2.24, 2.45) is 0 Å². The van der Waals surface area contributed by atoms with Gasteiger partial charge in [-0.3, -0.25) is 14.2 Å². The fourth-order valence-corrected chi connectivity index (χ4v) is 2.38. The third-order valence-electron chi connectivity index (χ3n) is 3.43. The number of hydrogen-bond donors (Lipinski definition) is 1. The number of aryl methyl sites for hydroxylation is 1. The van der Waals surface area contributed by atoms with Gasteiger partial charge in [0.2, 0.25) is 0 Å². The lowest BCUT2D eigenvalue weighted by molar-refractivity contribution is -0.138. The van der Waals surface area contributed by atoms with Gasteiger partial charge in [-0.2, -0.15) is 13.2 Å². The number of halogens is 3. The molecule has 0 bridgehead atoms. The molecule has 0 aliphatic rings. The molecule has 1 N–H and O–H groups in total. The van der Waals surface area contributed by atoms with Gasteiger partial charge in [-0.25, -0.2) is 4.98 Å². The molecule has 2 rings (SSSR count). The molecule has 0 saturated carbocycles. The van der Waals surface area contributed by atoms with Gasteiger partial charge in [-0.15, -0.1) is 0 Å². The summed E-state index contributed by atoms with van der Waals surface area (Å²) < 4.78 is 50.0. The number of methoxy groups -OCH3 is 1. The number of carbonyl (C=O) groups is 1. The molecule has 0 aliphatic carbocycles. The summed E-state index contributed by atoms with van der Waals surface area (Å²) >= 11 is 0. The normalized spacial score (nSPS) is 11.4. The summed E-state index contributed by atoms with van der Waals surface area (Å²) in [5, 5.41) is 8.85. The zero-order valence-electron chi connectivity index (χ0n) is 13.8. The fourth-order valence-electron chi connectivity index (χ4n) is 2.38. The highest BCUT2D eigenvalue weighted by Crippen LogP contribution is 2.38. The number of carboxylic acid groups (broad SMARTS) is 1. The van der Waals surface area contributed by atoms with E-state index in [1.165, 1.54) is 14.0 Å². The molecule has 2 aromatic rings. The first-order valence-corrected chi connectivity index (χ1v) is 7.25. The Hall–Kier alpha value is -2.88. The van der Waals surface area contributed by atoms with Crippen molar-refractivity contribution in [1.82, 2.24) is 9.55 Å².